The van der Waals surface area contributed by atoms with Crippen LogP contribution in [0.3, 0.4) is 0 Å². The van der Waals surface area contributed by atoms with Gasteiger partial charge in [-0.3, -0.25) is 4.79 Å². The van der Waals surface area contributed by atoms with Crippen molar-refractivity contribution in [1.82, 2.24) is 0 Å². The van der Waals surface area contributed by atoms with Crippen LogP contribution in [0.4, 0.5) is 0 Å². The van der Waals surface area contributed by atoms with Gasteiger partial charge in [-0.25, -0.2) is 0 Å². The van der Waals surface area contributed by atoms with E-state index in [9.17, 15) is 30.3 Å². The lowest BCUT2D eigenvalue weighted by Crippen LogP contribution is -2.62. The van der Waals surface area contributed by atoms with Crippen molar-refractivity contribution in [1.29, 1.82) is 0 Å². The van der Waals surface area contributed by atoms with Gasteiger partial charge in [-0.05, 0) is 93.1 Å². The molecular formula is C27H43BrO6. The van der Waals surface area contributed by atoms with E-state index in [1.807, 2.05) is 13.8 Å². The third-order valence-corrected chi connectivity index (χ3v) is 11.8. The molecule has 0 unspecified atom stereocenters. The minimum Gasteiger partial charge on any atom is -0.390 e. The maximum Gasteiger partial charge on any atom is 0.159 e. The van der Waals surface area contributed by atoms with Crippen molar-refractivity contribution in [2.75, 3.05) is 5.33 Å². The minimum atomic E-state index is -1.35. The Morgan fingerprint density at radius 3 is 2.47 bits per heavy atom. The molecule has 4 rings (SSSR count). The van der Waals surface area contributed by atoms with Crippen LogP contribution in [-0.4, -0.2) is 66.2 Å². The first kappa shape index (κ1) is 26.7. The second-order valence-electron chi connectivity index (χ2n) is 12.7. The fourth-order valence-corrected chi connectivity index (χ4v) is 8.68. The zero-order chi connectivity index (χ0) is 25.3. The van der Waals surface area contributed by atoms with Gasteiger partial charge in [0, 0.05) is 16.7 Å². The van der Waals surface area contributed by atoms with E-state index in [2.05, 4.69) is 22.9 Å². The lowest BCUT2D eigenvalue weighted by atomic mass is 9.45. The Balaban J connectivity index is 1.65. The molecule has 0 aromatic heterocycles. The Morgan fingerprint density at radius 1 is 1.15 bits per heavy atom. The highest BCUT2D eigenvalue weighted by molar-refractivity contribution is 9.09. The highest BCUT2D eigenvalue weighted by Crippen LogP contribution is 2.68. The first-order valence-electron chi connectivity index (χ1n) is 13.0. The molecule has 0 aromatic carbocycles. The Labute approximate surface area is 212 Å². The zero-order valence-electron chi connectivity index (χ0n) is 21.0. The molecule has 6 nitrogen and oxygen atoms in total. The third kappa shape index (κ3) is 3.79. The Morgan fingerprint density at radius 2 is 1.82 bits per heavy atom. The molecule has 3 saturated carbocycles. The van der Waals surface area contributed by atoms with Gasteiger partial charge in [-0.2, -0.15) is 0 Å². The van der Waals surface area contributed by atoms with Crippen LogP contribution in [-0.2, 0) is 4.79 Å². The van der Waals surface area contributed by atoms with E-state index < -0.39 is 40.3 Å². The number of aliphatic hydroxyl groups is 5. The average Bonchev–Trinajstić information content (AvgIpc) is 3.06. The molecule has 0 saturated heterocycles. The van der Waals surface area contributed by atoms with Gasteiger partial charge >= 0.3 is 0 Å². The van der Waals surface area contributed by atoms with Crippen LogP contribution in [0.1, 0.15) is 79.1 Å². The second kappa shape index (κ2) is 8.91. The van der Waals surface area contributed by atoms with Crippen molar-refractivity contribution in [3.63, 3.8) is 0 Å². The number of carbonyl (C=O) groups excluding carboxylic acids is 1. The maximum atomic E-state index is 13.3. The largest absolute Gasteiger partial charge is 0.390 e. The quantitative estimate of drug-likeness (QED) is 0.329. The molecular weight excluding hydrogens is 500 g/mol. The summed E-state index contributed by atoms with van der Waals surface area (Å²) in [5.74, 6) is -0.389. The molecule has 0 heterocycles. The van der Waals surface area contributed by atoms with Crippen LogP contribution in [0.25, 0.3) is 0 Å². The SMILES string of the molecule is C[C@@H](CBr)CC[C@@H](O)[C@](C)(O)[C@H]1CC[C@@]2(O)C3=CC(=O)[C@@H]4C[C@@H](O)[C@@H](O)C[C@]4(C)[C@H]3CC[C@]12C. The van der Waals surface area contributed by atoms with Gasteiger partial charge in [-0.15, -0.1) is 0 Å². The Kier molecular flexibility index (Phi) is 7.01. The summed E-state index contributed by atoms with van der Waals surface area (Å²) in [6.45, 7) is 7.86. The first-order valence-corrected chi connectivity index (χ1v) is 14.2. The molecule has 0 aliphatic heterocycles. The number of halogens is 1. The van der Waals surface area contributed by atoms with E-state index in [-0.39, 0.29) is 30.0 Å². The standard InChI is InChI=1S/C27H43BrO6/c1-15(14-28)5-6-23(32)26(4,33)22-8-10-27(34)17-11-19(29)18-12-20(30)21(31)13-24(18,2)16(17)7-9-25(22,27)3/h11,15-16,18,20-23,30-34H,5-10,12-14H2,1-4H3/t15-,16+,18+,20-,21+,22+,23-,24-,25-,26-,27-/m1/s1. The Bertz CT molecular complexity index is 843. The van der Waals surface area contributed by atoms with Crippen LogP contribution in [0.2, 0.25) is 0 Å². The summed E-state index contributed by atoms with van der Waals surface area (Å²) < 4.78 is 0. The molecule has 34 heavy (non-hydrogen) atoms. The molecule has 5 N–H and O–H groups in total. The average molecular weight is 544 g/mol. The predicted octanol–water partition coefficient (Wildman–Crippen LogP) is 3.11. The fraction of sp³-hybridized carbons (Fsp3) is 0.889. The number of hydrogen-bond donors (Lipinski definition) is 5. The molecule has 7 heteroatoms. The normalized spacial score (nSPS) is 47.6. The molecule has 0 spiro atoms. The van der Waals surface area contributed by atoms with Gasteiger partial charge in [0.05, 0.1) is 29.5 Å². The van der Waals surface area contributed by atoms with E-state index in [1.165, 1.54) is 0 Å². The number of carbonyl (C=O) groups is 1. The van der Waals surface area contributed by atoms with Gasteiger partial charge in [0.1, 0.15) is 0 Å². The number of fused-ring (bicyclic) bond motifs is 5. The molecule has 11 atom stereocenters. The summed E-state index contributed by atoms with van der Waals surface area (Å²) in [7, 11) is 0. The molecule has 0 aromatic rings. The highest BCUT2D eigenvalue weighted by Gasteiger charge is 2.69. The van der Waals surface area contributed by atoms with Gasteiger partial charge < -0.3 is 25.5 Å². The van der Waals surface area contributed by atoms with E-state index in [0.29, 0.717) is 38.0 Å². The van der Waals surface area contributed by atoms with Crippen molar-refractivity contribution < 1.29 is 30.3 Å². The second-order valence-corrected chi connectivity index (χ2v) is 13.3. The van der Waals surface area contributed by atoms with E-state index in [4.69, 9.17) is 0 Å². The number of aliphatic hydroxyl groups excluding tert-OH is 3. The first-order chi connectivity index (χ1) is 15.7. The number of rotatable bonds is 6. The van der Waals surface area contributed by atoms with E-state index >= 15 is 0 Å². The summed E-state index contributed by atoms with van der Waals surface area (Å²) in [4.78, 5) is 13.3. The predicted molar refractivity (Wildman–Crippen MR) is 133 cm³/mol. The van der Waals surface area contributed by atoms with Crippen LogP contribution in [0.5, 0.6) is 0 Å². The minimum absolute atomic E-state index is 0.0520. The zero-order valence-corrected chi connectivity index (χ0v) is 22.6. The van der Waals surface area contributed by atoms with E-state index in [0.717, 1.165) is 23.7 Å². The number of hydrogen-bond acceptors (Lipinski definition) is 6. The molecule has 194 valence electrons. The number of allylic oxidation sites excluding steroid dienone is 1. The van der Waals surface area contributed by atoms with Gasteiger partial charge in [-0.1, -0.05) is 36.7 Å². The van der Waals surface area contributed by atoms with Crippen molar-refractivity contribution in [3.05, 3.63) is 11.6 Å². The summed E-state index contributed by atoms with van der Waals surface area (Å²) in [6, 6.07) is 0. The number of alkyl halides is 1. The topological polar surface area (TPSA) is 118 Å². The molecule has 4 aliphatic rings. The summed E-state index contributed by atoms with van der Waals surface area (Å²) in [5, 5.41) is 56.4. The smallest absolute Gasteiger partial charge is 0.159 e. The summed E-state index contributed by atoms with van der Waals surface area (Å²) >= 11 is 3.48. The lowest BCUT2D eigenvalue weighted by molar-refractivity contribution is -0.176. The molecule has 0 radical (unpaired) electrons. The fourth-order valence-electron chi connectivity index (χ4n) is 8.35. The lowest BCUT2D eigenvalue weighted by Gasteiger charge is -2.60. The molecule has 0 amide bonds. The summed E-state index contributed by atoms with van der Waals surface area (Å²) in [6.07, 6.45) is 3.29. The van der Waals surface area contributed by atoms with Crippen LogP contribution >= 0.6 is 15.9 Å². The van der Waals surface area contributed by atoms with Gasteiger partial charge in [0.25, 0.3) is 0 Å². The third-order valence-electron chi connectivity index (χ3n) is 10.7. The van der Waals surface area contributed by atoms with Crippen molar-refractivity contribution >= 4 is 21.7 Å². The summed E-state index contributed by atoms with van der Waals surface area (Å²) in [5.41, 5.74) is -3.03. The highest BCUT2D eigenvalue weighted by atomic mass is 79.9. The van der Waals surface area contributed by atoms with Crippen LogP contribution in [0, 0.1) is 34.5 Å². The van der Waals surface area contributed by atoms with Gasteiger partial charge in [0.15, 0.2) is 5.78 Å². The molecule has 3 fully saturated rings. The van der Waals surface area contributed by atoms with Crippen molar-refractivity contribution in [2.45, 2.75) is 109 Å². The van der Waals surface area contributed by atoms with Crippen molar-refractivity contribution in [3.8, 4) is 0 Å². The maximum absolute atomic E-state index is 13.3. The van der Waals surface area contributed by atoms with Crippen LogP contribution in [0.15, 0.2) is 11.6 Å². The van der Waals surface area contributed by atoms with Crippen LogP contribution < -0.4 is 0 Å². The Hall–Kier alpha value is -0.310. The van der Waals surface area contributed by atoms with E-state index in [1.54, 1.807) is 13.0 Å². The molecule has 0 bridgehead atoms. The van der Waals surface area contributed by atoms with Crippen molar-refractivity contribution in [2.24, 2.45) is 34.5 Å². The number of ketones is 1. The van der Waals surface area contributed by atoms with Gasteiger partial charge in [0.2, 0.25) is 0 Å². The molecule has 4 aliphatic carbocycles. The monoisotopic (exact) mass is 542 g/mol.